The molecule has 0 radical (unpaired) electrons. The van der Waals surface area contributed by atoms with Crippen molar-refractivity contribution in [3.8, 4) is 0 Å². The summed E-state index contributed by atoms with van der Waals surface area (Å²) in [7, 11) is 0. The maximum absolute atomic E-state index is 13.0. The van der Waals surface area contributed by atoms with Gasteiger partial charge in [0.15, 0.2) is 0 Å². The van der Waals surface area contributed by atoms with Gasteiger partial charge in [-0.25, -0.2) is 4.79 Å². The van der Waals surface area contributed by atoms with Crippen LogP contribution in [-0.4, -0.2) is 31.1 Å². The van der Waals surface area contributed by atoms with Gasteiger partial charge in [-0.15, -0.1) is 0 Å². The van der Waals surface area contributed by atoms with E-state index >= 15 is 0 Å². The third-order valence-electron chi connectivity index (χ3n) is 5.29. The summed E-state index contributed by atoms with van der Waals surface area (Å²) in [6, 6.07) is 12.1. The van der Waals surface area contributed by atoms with Gasteiger partial charge in [-0.1, -0.05) is 18.5 Å². The van der Waals surface area contributed by atoms with E-state index in [1.807, 2.05) is 26.0 Å². The average Bonchev–Trinajstić information content (AvgIpc) is 2.75. The fourth-order valence-electron chi connectivity index (χ4n) is 3.44. The molecule has 7 heteroatoms. The fourth-order valence-corrected chi connectivity index (χ4v) is 3.56. The predicted octanol–water partition coefficient (Wildman–Crippen LogP) is 5.50. The monoisotopic (exact) mass is 428 g/mol. The van der Waals surface area contributed by atoms with Crippen molar-refractivity contribution >= 4 is 40.6 Å². The lowest BCUT2D eigenvalue weighted by Gasteiger charge is -2.31. The van der Waals surface area contributed by atoms with Crippen molar-refractivity contribution in [2.75, 3.05) is 28.6 Å². The highest BCUT2D eigenvalue weighted by Crippen LogP contribution is 2.27. The maximum atomic E-state index is 13.0. The molecule has 1 saturated heterocycles. The molecular formula is C23H29ClN4O2. The van der Waals surface area contributed by atoms with Crippen LogP contribution < -0.4 is 20.9 Å². The van der Waals surface area contributed by atoms with E-state index in [1.165, 1.54) is 6.42 Å². The molecule has 1 fully saturated rings. The van der Waals surface area contributed by atoms with Gasteiger partial charge in [0.1, 0.15) is 0 Å². The predicted molar refractivity (Wildman–Crippen MR) is 124 cm³/mol. The Morgan fingerprint density at radius 3 is 2.30 bits per heavy atom. The van der Waals surface area contributed by atoms with E-state index in [-0.39, 0.29) is 18.0 Å². The van der Waals surface area contributed by atoms with Crippen molar-refractivity contribution in [1.82, 2.24) is 5.32 Å². The Labute approximate surface area is 183 Å². The number of benzene rings is 2. The van der Waals surface area contributed by atoms with Crippen molar-refractivity contribution in [3.05, 3.63) is 53.1 Å². The van der Waals surface area contributed by atoms with Gasteiger partial charge in [-0.05, 0) is 75.1 Å². The molecule has 2 aromatic carbocycles. The maximum Gasteiger partial charge on any atom is 0.323 e. The minimum absolute atomic E-state index is 0.0801. The zero-order chi connectivity index (χ0) is 21.5. The molecule has 0 spiro atoms. The zero-order valence-electron chi connectivity index (χ0n) is 17.5. The highest BCUT2D eigenvalue weighted by atomic mass is 35.5. The number of carbonyl (C=O) groups excluding carboxylic acids is 2. The standard InChI is InChI=1S/C23H29ClN4O2/c1-3-16(2)25-22(29)20-15-19(11-12-21(20)28-13-5-4-6-14-28)27-23(30)26-18-9-7-17(24)8-10-18/h7-12,15-16H,3-6,13-14H2,1-2H3,(H,25,29)(H2,26,27,30). The number of rotatable bonds is 6. The minimum atomic E-state index is -0.378. The molecule has 0 saturated carbocycles. The van der Waals surface area contributed by atoms with Crippen LogP contribution in [-0.2, 0) is 0 Å². The Balaban J connectivity index is 1.79. The third kappa shape index (κ3) is 5.89. The van der Waals surface area contributed by atoms with E-state index in [9.17, 15) is 9.59 Å². The molecular weight excluding hydrogens is 400 g/mol. The van der Waals surface area contributed by atoms with Gasteiger partial charge in [0, 0.05) is 41.2 Å². The van der Waals surface area contributed by atoms with Crippen molar-refractivity contribution in [3.63, 3.8) is 0 Å². The van der Waals surface area contributed by atoms with E-state index < -0.39 is 0 Å². The number of carbonyl (C=O) groups is 2. The average molecular weight is 429 g/mol. The molecule has 1 atom stereocenters. The lowest BCUT2D eigenvalue weighted by atomic mass is 10.1. The zero-order valence-corrected chi connectivity index (χ0v) is 18.3. The summed E-state index contributed by atoms with van der Waals surface area (Å²) in [6.45, 7) is 5.90. The number of piperidine rings is 1. The van der Waals surface area contributed by atoms with Crippen LogP contribution >= 0.6 is 11.6 Å². The Morgan fingerprint density at radius 1 is 1.00 bits per heavy atom. The van der Waals surface area contributed by atoms with Crippen LogP contribution in [0.4, 0.5) is 21.9 Å². The molecule has 1 aliphatic heterocycles. The first-order valence-electron chi connectivity index (χ1n) is 10.5. The second-order valence-electron chi connectivity index (χ2n) is 7.65. The molecule has 3 N–H and O–H groups in total. The van der Waals surface area contributed by atoms with Gasteiger partial charge < -0.3 is 20.9 Å². The summed E-state index contributed by atoms with van der Waals surface area (Å²) in [5.74, 6) is -0.119. The SMILES string of the molecule is CCC(C)NC(=O)c1cc(NC(=O)Nc2ccc(Cl)cc2)ccc1N1CCCCC1. The highest BCUT2D eigenvalue weighted by molar-refractivity contribution is 6.30. The van der Waals surface area contributed by atoms with E-state index in [0.29, 0.717) is 22.0 Å². The molecule has 0 aromatic heterocycles. The van der Waals surface area contributed by atoms with Gasteiger partial charge in [0.05, 0.1) is 5.56 Å². The number of anilines is 3. The topological polar surface area (TPSA) is 73.5 Å². The fraction of sp³-hybridized carbons (Fsp3) is 0.391. The van der Waals surface area contributed by atoms with Crippen LogP contribution in [0.5, 0.6) is 0 Å². The van der Waals surface area contributed by atoms with E-state index in [4.69, 9.17) is 11.6 Å². The van der Waals surface area contributed by atoms with Crippen LogP contribution in [0.1, 0.15) is 49.9 Å². The van der Waals surface area contributed by atoms with Crippen molar-refractivity contribution in [2.24, 2.45) is 0 Å². The van der Waals surface area contributed by atoms with Gasteiger partial charge in [-0.3, -0.25) is 4.79 Å². The Morgan fingerprint density at radius 2 is 1.63 bits per heavy atom. The first-order chi connectivity index (χ1) is 14.5. The Bertz CT molecular complexity index is 879. The Kier molecular flexibility index (Phi) is 7.57. The van der Waals surface area contributed by atoms with Crippen LogP contribution in [0.2, 0.25) is 5.02 Å². The number of hydrogen-bond acceptors (Lipinski definition) is 3. The molecule has 160 valence electrons. The van der Waals surface area contributed by atoms with Crippen LogP contribution in [0, 0.1) is 0 Å². The molecule has 0 bridgehead atoms. The summed E-state index contributed by atoms with van der Waals surface area (Å²) in [5, 5.41) is 9.23. The van der Waals surface area contributed by atoms with Gasteiger partial charge >= 0.3 is 6.03 Å². The van der Waals surface area contributed by atoms with Gasteiger partial charge in [-0.2, -0.15) is 0 Å². The number of urea groups is 1. The van der Waals surface area contributed by atoms with E-state index in [1.54, 1.807) is 30.3 Å². The van der Waals surface area contributed by atoms with E-state index in [0.717, 1.165) is 38.0 Å². The van der Waals surface area contributed by atoms with Gasteiger partial charge in [0.2, 0.25) is 0 Å². The van der Waals surface area contributed by atoms with Crippen molar-refractivity contribution in [1.29, 1.82) is 0 Å². The van der Waals surface area contributed by atoms with Crippen LogP contribution in [0.3, 0.4) is 0 Å². The van der Waals surface area contributed by atoms with Crippen LogP contribution in [0.15, 0.2) is 42.5 Å². The van der Waals surface area contributed by atoms with Crippen LogP contribution in [0.25, 0.3) is 0 Å². The second-order valence-corrected chi connectivity index (χ2v) is 8.08. The first-order valence-corrected chi connectivity index (χ1v) is 10.9. The number of hydrogen-bond donors (Lipinski definition) is 3. The number of amides is 3. The number of nitrogens with zero attached hydrogens (tertiary/aromatic N) is 1. The van der Waals surface area contributed by atoms with Crippen molar-refractivity contribution in [2.45, 2.75) is 45.6 Å². The first kappa shape index (κ1) is 22.0. The summed E-state index contributed by atoms with van der Waals surface area (Å²) in [4.78, 5) is 27.6. The third-order valence-corrected chi connectivity index (χ3v) is 5.54. The van der Waals surface area contributed by atoms with Crippen molar-refractivity contribution < 1.29 is 9.59 Å². The summed E-state index contributed by atoms with van der Waals surface area (Å²) in [5.41, 5.74) is 2.70. The molecule has 3 amide bonds. The highest BCUT2D eigenvalue weighted by Gasteiger charge is 2.20. The van der Waals surface area contributed by atoms with Gasteiger partial charge in [0.25, 0.3) is 5.91 Å². The molecule has 2 aromatic rings. The quantitative estimate of drug-likeness (QED) is 0.568. The smallest absolute Gasteiger partial charge is 0.323 e. The second kappa shape index (κ2) is 10.3. The summed E-state index contributed by atoms with van der Waals surface area (Å²) >= 11 is 5.88. The summed E-state index contributed by atoms with van der Waals surface area (Å²) < 4.78 is 0. The largest absolute Gasteiger partial charge is 0.371 e. The molecule has 30 heavy (non-hydrogen) atoms. The number of nitrogens with one attached hydrogen (secondary N) is 3. The van der Waals surface area contributed by atoms with E-state index in [2.05, 4.69) is 20.9 Å². The minimum Gasteiger partial charge on any atom is -0.371 e. The summed E-state index contributed by atoms with van der Waals surface area (Å²) in [6.07, 6.45) is 4.31. The molecule has 0 aliphatic carbocycles. The molecule has 3 rings (SSSR count). The lowest BCUT2D eigenvalue weighted by Crippen LogP contribution is -2.35. The lowest BCUT2D eigenvalue weighted by molar-refractivity contribution is 0.0939. The normalized spacial score (nSPS) is 14.7. The number of halogens is 1. The molecule has 1 aliphatic rings. The molecule has 1 heterocycles. The molecule has 1 unspecified atom stereocenters. The molecule has 6 nitrogen and oxygen atoms in total. The Hall–Kier alpha value is -2.73.